The predicted octanol–water partition coefficient (Wildman–Crippen LogP) is 2.14. The lowest BCUT2D eigenvalue weighted by Crippen LogP contribution is -2.40. The number of aryl methyl sites for hydroxylation is 1. The standard InChI is InChI=1S/C22H34N6O2/c1-5-28-12-18(10-24-28)11-25-13-19(20-14-27(16-23-20)17(2)3)22(15-25)6-7-26(21(22)29)8-9-30-4/h10,12,14,16-17,19H,5-9,11,13,15H2,1-4H3/t19-,22-/m1/s1. The number of methoxy groups -OCH3 is 1. The molecule has 30 heavy (non-hydrogen) atoms. The van der Waals surface area contributed by atoms with Gasteiger partial charge >= 0.3 is 0 Å². The van der Waals surface area contributed by atoms with Crippen molar-refractivity contribution in [1.29, 1.82) is 0 Å². The van der Waals surface area contributed by atoms with Crippen molar-refractivity contribution in [2.45, 2.75) is 52.2 Å². The zero-order chi connectivity index (χ0) is 21.3. The fourth-order valence-electron chi connectivity index (χ4n) is 4.98. The van der Waals surface area contributed by atoms with Crippen molar-refractivity contribution in [1.82, 2.24) is 29.1 Å². The summed E-state index contributed by atoms with van der Waals surface area (Å²) in [5.74, 6) is 0.370. The SMILES string of the molecule is CCn1cc(CN2C[C@H](c3cn(C(C)C)cn3)[C@@]3(CCN(CCOC)C3=O)C2)cn1. The van der Waals surface area contributed by atoms with E-state index in [0.717, 1.165) is 44.8 Å². The molecule has 0 aliphatic carbocycles. The van der Waals surface area contributed by atoms with Crippen LogP contribution in [0.2, 0.25) is 0 Å². The lowest BCUT2D eigenvalue weighted by atomic mass is 9.75. The summed E-state index contributed by atoms with van der Waals surface area (Å²) < 4.78 is 9.32. The highest BCUT2D eigenvalue weighted by Crippen LogP contribution is 2.49. The highest BCUT2D eigenvalue weighted by Gasteiger charge is 2.57. The molecule has 2 saturated heterocycles. The van der Waals surface area contributed by atoms with Gasteiger partial charge < -0.3 is 14.2 Å². The summed E-state index contributed by atoms with van der Waals surface area (Å²) >= 11 is 0. The molecule has 2 fully saturated rings. The van der Waals surface area contributed by atoms with Gasteiger partial charge in [-0.15, -0.1) is 0 Å². The summed E-state index contributed by atoms with van der Waals surface area (Å²) in [7, 11) is 1.69. The lowest BCUT2D eigenvalue weighted by Gasteiger charge is -2.28. The summed E-state index contributed by atoms with van der Waals surface area (Å²) in [6.07, 6.45) is 8.97. The molecule has 2 aromatic rings. The molecule has 8 heteroatoms. The fraction of sp³-hybridized carbons (Fsp3) is 0.682. The first-order chi connectivity index (χ1) is 14.5. The van der Waals surface area contributed by atoms with Gasteiger partial charge in [0, 0.05) is 76.3 Å². The second kappa shape index (κ2) is 8.51. The number of rotatable bonds is 8. The molecule has 1 spiro atoms. The molecule has 1 amide bonds. The maximum absolute atomic E-state index is 13.6. The van der Waals surface area contributed by atoms with E-state index in [4.69, 9.17) is 9.72 Å². The molecule has 0 aromatic carbocycles. The molecule has 2 aliphatic rings. The minimum atomic E-state index is -0.398. The Kier molecular flexibility index (Phi) is 5.97. The molecule has 164 valence electrons. The molecule has 2 aliphatic heterocycles. The van der Waals surface area contributed by atoms with Crippen LogP contribution >= 0.6 is 0 Å². The molecule has 0 unspecified atom stereocenters. The van der Waals surface area contributed by atoms with Crippen LogP contribution in [0.4, 0.5) is 0 Å². The van der Waals surface area contributed by atoms with Crippen LogP contribution in [0.1, 0.15) is 50.4 Å². The number of carbonyl (C=O) groups is 1. The Morgan fingerprint density at radius 1 is 1.33 bits per heavy atom. The second-order valence-electron chi connectivity index (χ2n) is 8.96. The Bertz CT molecular complexity index is 875. The number of ether oxygens (including phenoxy) is 1. The zero-order valence-electron chi connectivity index (χ0n) is 18.6. The third-order valence-electron chi connectivity index (χ3n) is 6.71. The minimum absolute atomic E-state index is 0.110. The topological polar surface area (TPSA) is 68.4 Å². The number of hydrogen-bond acceptors (Lipinski definition) is 5. The first-order valence-corrected chi connectivity index (χ1v) is 11.0. The van der Waals surface area contributed by atoms with Crippen LogP contribution in [-0.4, -0.2) is 74.9 Å². The first-order valence-electron chi connectivity index (χ1n) is 11.0. The van der Waals surface area contributed by atoms with Gasteiger partial charge in [-0.05, 0) is 27.2 Å². The van der Waals surface area contributed by atoms with E-state index in [9.17, 15) is 4.79 Å². The molecule has 0 saturated carbocycles. The average molecular weight is 415 g/mol. The summed E-state index contributed by atoms with van der Waals surface area (Å²) in [5, 5.41) is 4.41. The summed E-state index contributed by atoms with van der Waals surface area (Å²) in [4.78, 5) is 22.7. The van der Waals surface area contributed by atoms with Gasteiger partial charge in [0.25, 0.3) is 0 Å². The van der Waals surface area contributed by atoms with E-state index < -0.39 is 5.41 Å². The van der Waals surface area contributed by atoms with E-state index in [0.29, 0.717) is 19.2 Å². The van der Waals surface area contributed by atoms with Crippen LogP contribution in [0.25, 0.3) is 0 Å². The van der Waals surface area contributed by atoms with Gasteiger partial charge in [0.2, 0.25) is 5.91 Å². The van der Waals surface area contributed by atoms with Crippen molar-refractivity contribution in [3.8, 4) is 0 Å². The quantitative estimate of drug-likeness (QED) is 0.662. The van der Waals surface area contributed by atoms with Crippen LogP contribution < -0.4 is 0 Å². The number of likely N-dealkylation sites (tertiary alicyclic amines) is 2. The van der Waals surface area contributed by atoms with Gasteiger partial charge in [-0.25, -0.2) is 4.98 Å². The Morgan fingerprint density at radius 2 is 2.17 bits per heavy atom. The monoisotopic (exact) mass is 414 g/mol. The predicted molar refractivity (Wildman–Crippen MR) is 114 cm³/mol. The van der Waals surface area contributed by atoms with E-state index in [1.165, 1.54) is 5.56 Å². The Labute approximate surface area is 178 Å². The molecular formula is C22H34N6O2. The molecule has 0 N–H and O–H groups in total. The number of hydrogen-bond donors (Lipinski definition) is 0. The Morgan fingerprint density at radius 3 is 2.83 bits per heavy atom. The molecule has 0 radical (unpaired) electrons. The second-order valence-corrected chi connectivity index (χ2v) is 8.96. The summed E-state index contributed by atoms with van der Waals surface area (Å²) in [6.45, 7) is 11.7. The summed E-state index contributed by atoms with van der Waals surface area (Å²) in [5.41, 5.74) is 1.84. The normalized spacial score (nSPS) is 24.8. The molecule has 4 heterocycles. The molecular weight excluding hydrogens is 380 g/mol. The van der Waals surface area contributed by atoms with E-state index in [1.807, 2.05) is 22.1 Å². The van der Waals surface area contributed by atoms with Gasteiger partial charge in [-0.2, -0.15) is 5.10 Å². The molecule has 2 atom stereocenters. The maximum atomic E-state index is 13.6. The smallest absolute Gasteiger partial charge is 0.230 e. The highest BCUT2D eigenvalue weighted by atomic mass is 16.5. The van der Waals surface area contributed by atoms with Gasteiger partial charge in [-0.3, -0.25) is 14.4 Å². The van der Waals surface area contributed by atoms with Gasteiger partial charge in [-0.1, -0.05) is 0 Å². The molecule has 8 nitrogen and oxygen atoms in total. The van der Waals surface area contributed by atoms with Gasteiger partial charge in [0.1, 0.15) is 0 Å². The van der Waals surface area contributed by atoms with Crippen LogP contribution in [-0.2, 0) is 22.6 Å². The molecule has 4 rings (SSSR count). The van der Waals surface area contributed by atoms with Crippen LogP contribution in [0.15, 0.2) is 24.9 Å². The van der Waals surface area contributed by atoms with Crippen molar-refractivity contribution in [3.63, 3.8) is 0 Å². The van der Waals surface area contributed by atoms with Crippen molar-refractivity contribution in [2.24, 2.45) is 5.41 Å². The van der Waals surface area contributed by atoms with Crippen LogP contribution in [0, 0.1) is 5.41 Å². The third-order valence-corrected chi connectivity index (χ3v) is 6.71. The van der Waals surface area contributed by atoms with Gasteiger partial charge in [0.15, 0.2) is 0 Å². The number of carbonyl (C=O) groups excluding carboxylic acids is 1. The van der Waals surface area contributed by atoms with E-state index in [-0.39, 0.29) is 11.8 Å². The largest absolute Gasteiger partial charge is 0.383 e. The van der Waals surface area contributed by atoms with Crippen LogP contribution in [0.5, 0.6) is 0 Å². The van der Waals surface area contributed by atoms with Gasteiger partial charge in [0.05, 0.1) is 30.2 Å². The average Bonchev–Trinajstić information content (AvgIpc) is 3.50. The number of aromatic nitrogens is 4. The van der Waals surface area contributed by atoms with Crippen molar-refractivity contribution >= 4 is 5.91 Å². The number of amides is 1. The molecule has 0 bridgehead atoms. The number of nitrogens with zero attached hydrogens (tertiary/aromatic N) is 6. The first kappa shape index (κ1) is 21.1. The Balaban J connectivity index is 1.60. The summed E-state index contributed by atoms with van der Waals surface area (Å²) in [6, 6.07) is 0.358. The number of imidazole rings is 1. The zero-order valence-corrected chi connectivity index (χ0v) is 18.6. The van der Waals surface area contributed by atoms with Crippen LogP contribution in [0.3, 0.4) is 0 Å². The van der Waals surface area contributed by atoms with Crippen molar-refractivity contribution in [2.75, 3.05) is 39.9 Å². The maximum Gasteiger partial charge on any atom is 0.230 e. The van der Waals surface area contributed by atoms with E-state index in [1.54, 1.807) is 7.11 Å². The highest BCUT2D eigenvalue weighted by molar-refractivity contribution is 5.86. The minimum Gasteiger partial charge on any atom is -0.383 e. The van der Waals surface area contributed by atoms with Crippen molar-refractivity contribution < 1.29 is 9.53 Å². The third kappa shape index (κ3) is 3.78. The van der Waals surface area contributed by atoms with E-state index >= 15 is 0 Å². The molecule has 2 aromatic heterocycles. The fourth-order valence-corrected chi connectivity index (χ4v) is 4.98. The Hall–Kier alpha value is -2.19. The van der Waals surface area contributed by atoms with Crippen molar-refractivity contribution in [3.05, 3.63) is 36.2 Å². The lowest BCUT2D eigenvalue weighted by molar-refractivity contribution is -0.136. The van der Waals surface area contributed by atoms with E-state index in [2.05, 4.69) is 47.7 Å².